The number of carboxylic acids is 1. The molecule has 0 radical (unpaired) electrons. The summed E-state index contributed by atoms with van der Waals surface area (Å²) in [4.78, 5) is 17.2. The molecule has 0 amide bonds. The molecule has 0 spiro atoms. The lowest BCUT2D eigenvalue weighted by Crippen LogP contribution is -2.41. The number of hydrogen-bond acceptors (Lipinski definition) is 4. The Hall–Kier alpha value is -2.83. The zero-order chi connectivity index (χ0) is 27.6. The van der Waals surface area contributed by atoms with Crippen LogP contribution >= 0.6 is 0 Å². The number of anilines is 1. The Labute approximate surface area is 238 Å². The lowest BCUT2D eigenvalue weighted by atomic mass is 9.81. The molecule has 40 heavy (non-hydrogen) atoms. The van der Waals surface area contributed by atoms with E-state index in [0.717, 1.165) is 50.6 Å². The van der Waals surface area contributed by atoms with Gasteiger partial charge in [-0.05, 0) is 86.7 Å². The first-order valence-corrected chi connectivity index (χ1v) is 15.5. The number of piperidine rings is 1. The van der Waals surface area contributed by atoms with Crippen LogP contribution in [0.4, 0.5) is 5.69 Å². The third-order valence-electron chi connectivity index (χ3n) is 9.73. The van der Waals surface area contributed by atoms with E-state index in [-0.39, 0.29) is 0 Å². The van der Waals surface area contributed by atoms with Gasteiger partial charge in [-0.2, -0.15) is 0 Å². The molecule has 1 saturated heterocycles. The molecular formula is C34H45N3O3. The molecule has 3 aromatic rings. The van der Waals surface area contributed by atoms with Crippen LogP contribution in [0.5, 0.6) is 0 Å². The lowest BCUT2D eigenvalue weighted by Gasteiger charge is -2.35. The molecule has 2 aliphatic heterocycles. The summed E-state index contributed by atoms with van der Waals surface area (Å²) >= 11 is 0. The minimum Gasteiger partial charge on any atom is -0.478 e. The molecule has 1 aliphatic carbocycles. The van der Waals surface area contributed by atoms with Crippen molar-refractivity contribution in [3.05, 3.63) is 53.1 Å². The molecule has 2 aromatic carbocycles. The van der Waals surface area contributed by atoms with Crippen molar-refractivity contribution in [1.29, 1.82) is 0 Å². The van der Waals surface area contributed by atoms with E-state index in [1.54, 1.807) is 13.2 Å². The monoisotopic (exact) mass is 543 g/mol. The first kappa shape index (κ1) is 27.3. The fourth-order valence-electron chi connectivity index (χ4n) is 7.65. The highest BCUT2D eigenvalue weighted by atomic mass is 16.5. The highest BCUT2D eigenvalue weighted by Crippen LogP contribution is 2.47. The second-order valence-electron chi connectivity index (χ2n) is 12.4. The van der Waals surface area contributed by atoms with Crippen LogP contribution in [0.25, 0.3) is 22.2 Å². The van der Waals surface area contributed by atoms with Gasteiger partial charge in [0.05, 0.1) is 11.3 Å². The number of hydrogen-bond donors (Lipinski definition) is 1. The largest absolute Gasteiger partial charge is 0.478 e. The number of nitrogens with zero attached hydrogens (tertiary/aromatic N) is 3. The van der Waals surface area contributed by atoms with Crippen LogP contribution in [0.3, 0.4) is 0 Å². The van der Waals surface area contributed by atoms with Crippen LogP contribution in [0.15, 0.2) is 36.4 Å². The highest BCUT2D eigenvalue weighted by molar-refractivity contribution is 5.99. The van der Waals surface area contributed by atoms with Gasteiger partial charge in [-0.3, -0.25) is 0 Å². The normalized spacial score (nSPS) is 20.4. The number of fused-ring (bicyclic) bond motifs is 5. The van der Waals surface area contributed by atoms with E-state index in [9.17, 15) is 9.90 Å². The molecule has 3 heterocycles. The zero-order valence-corrected chi connectivity index (χ0v) is 24.3. The van der Waals surface area contributed by atoms with Gasteiger partial charge in [-0.1, -0.05) is 37.5 Å². The maximum Gasteiger partial charge on any atom is 0.335 e. The van der Waals surface area contributed by atoms with Gasteiger partial charge in [-0.15, -0.1) is 0 Å². The Kier molecular flexibility index (Phi) is 8.17. The van der Waals surface area contributed by atoms with Gasteiger partial charge in [0, 0.05) is 68.6 Å². The predicted molar refractivity (Wildman–Crippen MR) is 163 cm³/mol. The van der Waals surface area contributed by atoms with Crippen molar-refractivity contribution in [2.45, 2.75) is 70.8 Å². The molecule has 214 valence electrons. The van der Waals surface area contributed by atoms with E-state index in [0.29, 0.717) is 11.5 Å². The summed E-state index contributed by atoms with van der Waals surface area (Å²) in [7, 11) is 1.81. The van der Waals surface area contributed by atoms with Crippen molar-refractivity contribution in [3.8, 4) is 11.3 Å². The summed E-state index contributed by atoms with van der Waals surface area (Å²) in [6.07, 6.45) is 10.1. The summed E-state index contributed by atoms with van der Waals surface area (Å²) in [5.74, 6) is 0.413. The van der Waals surface area contributed by atoms with Gasteiger partial charge in [0.2, 0.25) is 0 Å². The fourth-order valence-corrected chi connectivity index (χ4v) is 7.65. The zero-order valence-electron chi connectivity index (χ0n) is 24.3. The topological polar surface area (TPSA) is 57.9 Å². The molecule has 1 aromatic heterocycles. The molecule has 0 unspecified atom stereocenters. The number of aromatic nitrogens is 1. The molecule has 0 bridgehead atoms. The van der Waals surface area contributed by atoms with E-state index in [2.05, 4.69) is 45.6 Å². The number of aryl methyl sites for hydroxylation is 1. The summed E-state index contributed by atoms with van der Waals surface area (Å²) in [6, 6.07) is 12.8. The molecular weight excluding hydrogens is 498 g/mol. The van der Waals surface area contributed by atoms with Crippen LogP contribution in [0, 0.1) is 12.8 Å². The van der Waals surface area contributed by atoms with Crippen LogP contribution in [0.1, 0.15) is 78.8 Å². The van der Waals surface area contributed by atoms with Crippen molar-refractivity contribution in [2.24, 2.45) is 5.92 Å². The standard InChI is InChI=1S/C34H45N3O3/c1-24-10-12-29-30(21-24)36(17-16-35-15-6-7-25(23-35)14-20-40-2)18-19-37-31-22-27(34(38)39)11-13-28(31)32(33(29)37)26-8-4-3-5-9-26/h10-13,21-22,25-26H,3-9,14-20,23H2,1-2H3,(H,38,39)/t25-/m1/s1. The average Bonchev–Trinajstić information content (AvgIpc) is 3.21. The van der Waals surface area contributed by atoms with Crippen LogP contribution < -0.4 is 4.90 Å². The molecule has 6 nitrogen and oxygen atoms in total. The number of methoxy groups -OCH3 is 1. The minimum atomic E-state index is -0.853. The summed E-state index contributed by atoms with van der Waals surface area (Å²) < 4.78 is 7.82. The summed E-state index contributed by atoms with van der Waals surface area (Å²) in [5, 5.41) is 11.1. The molecule has 1 N–H and O–H groups in total. The minimum absolute atomic E-state index is 0.376. The molecule has 6 heteroatoms. The number of aromatic carboxylic acids is 1. The van der Waals surface area contributed by atoms with Crippen molar-refractivity contribution in [2.75, 3.05) is 51.3 Å². The molecule has 1 atom stereocenters. The van der Waals surface area contributed by atoms with Crippen LogP contribution in [-0.2, 0) is 11.3 Å². The number of carboxylic acid groups (broad SMARTS) is 1. The second kappa shape index (κ2) is 12.0. The van der Waals surface area contributed by atoms with Crippen molar-refractivity contribution in [1.82, 2.24) is 9.47 Å². The Morgan fingerprint density at radius 1 is 0.975 bits per heavy atom. The van der Waals surface area contributed by atoms with E-state index in [1.807, 2.05) is 6.07 Å². The van der Waals surface area contributed by atoms with E-state index in [4.69, 9.17) is 4.74 Å². The summed E-state index contributed by atoms with van der Waals surface area (Å²) in [6.45, 7) is 9.29. The Morgan fingerprint density at radius 3 is 2.62 bits per heavy atom. The second-order valence-corrected chi connectivity index (χ2v) is 12.4. The Bertz CT molecular complexity index is 1360. The van der Waals surface area contributed by atoms with Gasteiger partial charge in [-0.25, -0.2) is 4.79 Å². The highest BCUT2D eigenvalue weighted by Gasteiger charge is 2.31. The smallest absolute Gasteiger partial charge is 0.335 e. The van der Waals surface area contributed by atoms with Crippen LogP contribution in [-0.4, -0.2) is 67.0 Å². The first-order chi connectivity index (χ1) is 19.5. The molecule has 1 saturated carbocycles. The number of ether oxygens (including phenoxy) is 1. The summed E-state index contributed by atoms with van der Waals surface area (Å²) in [5.41, 5.74) is 8.19. The first-order valence-electron chi connectivity index (χ1n) is 15.5. The predicted octanol–water partition coefficient (Wildman–Crippen LogP) is 6.93. The Balaban J connectivity index is 1.37. The maximum atomic E-state index is 12.0. The van der Waals surface area contributed by atoms with Crippen molar-refractivity contribution >= 4 is 22.6 Å². The van der Waals surface area contributed by atoms with Crippen molar-refractivity contribution in [3.63, 3.8) is 0 Å². The van der Waals surface area contributed by atoms with E-state index >= 15 is 0 Å². The van der Waals surface area contributed by atoms with Gasteiger partial charge in [0.25, 0.3) is 0 Å². The Morgan fingerprint density at radius 2 is 1.82 bits per heavy atom. The quantitative estimate of drug-likeness (QED) is 0.334. The molecule has 2 fully saturated rings. The van der Waals surface area contributed by atoms with Crippen LogP contribution in [0.2, 0.25) is 0 Å². The maximum absolute atomic E-state index is 12.0. The number of carbonyl (C=O) groups is 1. The fraction of sp³-hybridized carbons (Fsp3) is 0.559. The van der Waals surface area contributed by atoms with E-state index < -0.39 is 5.97 Å². The SMILES string of the molecule is COCC[C@H]1CCCN(CCN2CCn3c(c(C4CCCCC4)c4ccc(C(=O)O)cc43)-c3ccc(C)cc32)C1. The number of rotatable bonds is 8. The van der Waals surface area contributed by atoms with E-state index in [1.165, 1.54) is 91.5 Å². The third-order valence-corrected chi connectivity index (χ3v) is 9.73. The lowest BCUT2D eigenvalue weighted by molar-refractivity contribution is 0.0697. The molecule has 6 rings (SSSR count). The van der Waals surface area contributed by atoms with Crippen molar-refractivity contribution < 1.29 is 14.6 Å². The molecule has 3 aliphatic rings. The third kappa shape index (κ3) is 5.40. The van der Waals surface area contributed by atoms with Gasteiger partial charge < -0.3 is 24.2 Å². The van der Waals surface area contributed by atoms with Gasteiger partial charge >= 0.3 is 5.97 Å². The number of likely N-dealkylation sites (tertiary alicyclic amines) is 1. The van der Waals surface area contributed by atoms with Gasteiger partial charge in [0.15, 0.2) is 0 Å². The van der Waals surface area contributed by atoms with Gasteiger partial charge in [0.1, 0.15) is 0 Å². The average molecular weight is 544 g/mol. The number of benzene rings is 2.